The molecule has 0 amide bonds. The third-order valence-electron chi connectivity index (χ3n) is 2.66. The van der Waals surface area contributed by atoms with Gasteiger partial charge in [0.05, 0.1) is 13.7 Å². The highest BCUT2D eigenvalue weighted by atomic mass is 16.5. The van der Waals surface area contributed by atoms with Crippen LogP contribution in [0.3, 0.4) is 0 Å². The van der Waals surface area contributed by atoms with Crippen molar-refractivity contribution in [2.24, 2.45) is 0 Å². The van der Waals surface area contributed by atoms with Crippen molar-refractivity contribution in [1.29, 1.82) is 0 Å². The topological polar surface area (TPSA) is 38.7 Å². The Morgan fingerprint density at radius 3 is 2.61 bits per heavy atom. The van der Waals surface area contributed by atoms with Gasteiger partial charge in [0.25, 0.3) is 0 Å². The van der Waals surface area contributed by atoms with Crippen LogP contribution >= 0.6 is 0 Å². The molecule has 18 heavy (non-hydrogen) atoms. The summed E-state index contributed by atoms with van der Waals surface area (Å²) in [4.78, 5) is 0. The zero-order valence-electron chi connectivity index (χ0n) is 11.4. The maximum absolute atomic E-state index is 9.76. The number of phenols is 1. The molecule has 1 N–H and O–H groups in total. The van der Waals surface area contributed by atoms with Crippen molar-refractivity contribution in [3.05, 3.63) is 23.8 Å². The molecule has 0 aliphatic rings. The van der Waals surface area contributed by atoms with Gasteiger partial charge in [-0.3, -0.25) is 0 Å². The molecule has 100 valence electrons. The Morgan fingerprint density at radius 2 is 2.00 bits per heavy atom. The fourth-order valence-corrected chi connectivity index (χ4v) is 1.70. The van der Waals surface area contributed by atoms with Crippen LogP contribution < -0.4 is 9.47 Å². The number of unbranched alkanes of at least 4 members (excludes halogenated alkanes) is 2. The lowest BCUT2D eigenvalue weighted by Gasteiger charge is -2.12. The lowest BCUT2D eigenvalue weighted by atomic mass is 10.1. The number of benzene rings is 1. The highest BCUT2D eigenvalue weighted by Gasteiger charge is 2.08. The first-order valence-corrected chi connectivity index (χ1v) is 6.39. The van der Waals surface area contributed by atoms with Gasteiger partial charge in [-0.05, 0) is 19.4 Å². The molecule has 0 saturated heterocycles. The van der Waals surface area contributed by atoms with E-state index in [9.17, 15) is 5.11 Å². The predicted octanol–water partition coefficient (Wildman–Crippen LogP) is 4.00. The number of allylic oxidation sites excluding steroid dienone is 1. The zero-order valence-corrected chi connectivity index (χ0v) is 11.4. The Labute approximate surface area is 109 Å². The first-order chi connectivity index (χ1) is 8.72. The Kier molecular flexibility index (Phi) is 6.12. The van der Waals surface area contributed by atoms with Crippen LogP contribution in [0.25, 0.3) is 6.08 Å². The van der Waals surface area contributed by atoms with E-state index in [0.717, 1.165) is 18.4 Å². The summed E-state index contributed by atoms with van der Waals surface area (Å²) < 4.78 is 10.8. The fourth-order valence-electron chi connectivity index (χ4n) is 1.70. The quantitative estimate of drug-likeness (QED) is 0.743. The maximum atomic E-state index is 9.76. The largest absolute Gasteiger partial charge is 0.504 e. The standard InChI is InChI=1S/C15H22O3/c1-4-6-7-9-18-14-11-13(16)15(17-3)10-12(14)8-5-2/h5,8,10-11,16H,4,6-7,9H2,1-3H3/b8-5+. The summed E-state index contributed by atoms with van der Waals surface area (Å²) in [5.74, 6) is 1.27. The average Bonchev–Trinajstić information content (AvgIpc) is 2.37. The Morgan fingerprint density at radius 1 is 1.22 bits per heavy atom. The molecular formula is C15H22O3. The normalized spacial score (nSPS) is 10.8. The molecule has 0 aliphatic carbocycles. The van der Waals surface area contributed by atoms with E-state index in [2.05, 4.69) is 6.92 Å². The number of hydrogen-bond donors (Lipinski definition) is 1. The van der Waals surface area contributed by atoms with Crippen LogP contribution in [0.5, 0.6) is 17.2 Å². The van der Waals surface area contributed by atoms with Gasteiger partial charge in [0.2, 0.25) is 0 Å². The number of methoxy groups -OCH3 is 1. The second-order valence-corrected chi connectivity index (χ2v) is 4.12. The van der Waals surface area contributed by atoms with E-state index >= 15 is 0 Å². The van der Waals surface area contributed by atoms with E-state index in [4.69, 9.17) is 9.47 Å². The molecule has 1 aromatic rings. The first-order valence-electron chi connectivity index (χ1n) is 6.39. The van der Waals surface area contributed by atoms with Gasteiger partial charge in [0, 0.05) is 11.6 Å². The third kappa shape index (κ3) is 3.99. The van der Waals surface area contributed by atoms with Gasteiger partial charge in [-0.1, -0.05) is 31.9 Å². The maximum Gasteiger partial charge on any atom is 0.161 e. The molecule has 0 aromatic heterocycles. The van der Waals surface area contributed by atoms with E-state index in [0.29, 0.717) is 18.1 Å². The lowest BCUT2D eigenvalue weighted by Crippen LogP contribution is -1.99. The minimum atomic E-state index is 0.108. The van der Waals surface area contributed by atoms with Gasteiger partial charge >= 0.3 is 0 Å². The summed E-state index contributed by atoms with van der Waals surface area (Å²) >= 11 is 0. The summed E-state index contributed by atoms with van der Waals surface area (Å²) in [7, 11) is 1.54. The molecule has 0 fully saturated rings. The van der Waals surface area contributed by atoms with Crippen LogP contribution in [0.4, 0.5) is 0 Å². The zero-order chi connectivity index (χ0) is 13.4. The fraction of sp³-hybridized carbons (Fsp3) is 0.467. The Hall–Kier alpha value is -1.64. The summed E-state index contributed by atoms with van der Waals surface area (Å²) in [5, 5.41) is 9.76. The summed E-state index contributed by atoms with van der Waals surface area (Å²) in [6.45, 7) is 4.77. The molecule has 0 unspecified atom stereocenters. The van der Waals surface area contributed by atoms with Crippen LogP contribution in [0, 0.1) is 0 Å². The average molecular weight is 250 g/mol. The molecule has 0 heterocycles. The van der Waals surface area contributed by atoms with Crippen molar-refractivity contribution < 1.29 is 14.6 Å². The van der Waals surface area contributed by atoms with Gasteiger partial charge in [0.1, 0.15) is 5.75 Å². The SMILES string of the molecule is C/C=C/c1cc(OC)c(O)cc1OCCCCC. The van der Waals surface area contributed by atoms with Crippen molar-refractivity contribution in [2.45, 2.75) is 33.1 Å². The highest BCUT2D eigenvalue weighted by molar-refractivity contribution is 5.63. The summed E-state index contributed by atoms with van der Waals surface area (Å²) in [6, 6.07) is 3.39. The molecule has 0 aliphatic heterocycles. The molecular weight excluding hydrogens is 228 g/mol. The molecule has 0 radical (unpaired) electrons. The van der Waals surface area contributed by atoms with Crippen LogP contribution in [-0.4, -0.2) is 18.8 Å². The van der Waals surface area contributed by atoms with E-state index in [1.807, 2.05) is 19.1 Å². The van der Waals surface area contributed by atoms with Crippen molar-refractivity contribution in [3.8, 4) is 17.2 Å². The molecule has 0 saturated carbocycles. The summed E-state index contributed by atoms with van der Waals surface area (Å²) in [5.41, 5.74) is 0.920. The highest BCUT2D eigenvalue weighted by Crippen LogP contribution is 2.34. The molecule has 3 nitrogen and oxygen atoms in total. The Balaban J connectivity index is 2.84. The smallest absolute Gasteiger partial charge is 0.161 e. The first kappa shape index (κ1) is 14.4. The molecule has 0 spiro atoms. The molecule has 3 heteroatoms. The minimum absolute atomic E-state index is 0.108. The molecule has 0 atom stereocenters. The van der Waals surface area contributed by atoms with Crippen molar-refractivity contribution >= 4 is 6.08 Å². The number of rotatable bonds is 7. The summed E-state index contributed by atoms with van der Waals surface area (Å²) in [6.07, 6.45) is 7.22. The van der Waals surface area contributed by atoms with Gasteiger partial charge in [-0.15, -0.1) is 0 Å². The van der Waals surface area contributed by atoms with E-state index in [1.54, 1.807) is 12.1 Å². The number of hydrogen-bond acceptors (Lipinski definition) is 3. The van der Waals surface area contributed by atoms with E-state index in [1.165, 1.54) is 13.5 Å². The van der Waals surface area contributed by atoms with Crippen molar-refractivity contribution in [2.75, 3.05) is 13.7 Å². The van der Waals surface area contributed by atoms with Gasteiger partial charge < -0.3 is 14.6 Å². The number of ether oxygens (including phenoxy) is 2. The van der Waals surface area contributed by atoms with Gasteiger partial charge in [-0.2, -0.15) is 0 Å². The van der Waals surface area contributed by atoms with Crippen LogP contribution in [0.1, 0.15) is 38.7 Å². The third-order valence-corrected chi connectivity index (χ3v) is 2.66. The molecule has 0 bridgehead atoms. The number of aromatic hydroxyl groups is 1. The van der Waals surface area contributed by atoms with Crippen molar-refractivity contribution in [1.82, 2.24) is 0 Å². The monoisotopic (exact) mass is 250 g/mol. The van der Waals surface area contributed by atoms with Crippen LogP contribution in [0.2, 0.25) is 0 Å². The van der Waals surface area contributed by atoms with E-state index < -0.39 is 0 Å². The minimum Gasteiger partial charge on any atom is -0.504 e. The van der Waals surface area contributed by atoms with Crippen LogP contribution in [-0.2, 0) is 0 Å². The van der Waals surface area contributed by atoms with E-state index in [-0.39, 0.29) is 5.75 Å². The van der Waals surface area contributed by atoms with Crippen molar-refractivity contribution in [3.63, 3.8) is 0 Å². The Bertz CT molecular complexity index is 397. The second kappa shape index (κ2) is 7.64. The van der Waals surface area contributed by atoms with Gasteiger partial charge in [0.15, 0.2) is 11.5 Å². The van der Waals surface area contributed by atoms with Crippen LogP contribution in [0.15, 0.2) is 18.2 Å². The molecule has 1 rings (SSSR count). The van der Waals surface area contributed by atoms with Gasteiger partial charge in [-0.25, -0.2) is 0 Å². The number of phenolic OH excluding ortho intramolecular Hbond substituents is 1. The molecule has 1 aromatic carbocycles. The predicted molar refractivity (Wildman–Crippen MR) is 74.4 cm³/mol. The lowest BCUT2D eigenvalue weighted by molar-refractivity contribution is 0.301. The second-order valence-electron chi connectivity index (χ2n) is 4.12.